The van der Waals surface area contributed by atoms with Crippen LogP contribution in [0.5, 0.6) is 0 Å². The maximum Gasteiger partial charge on any atom is 0.317 e. The third-order valence-corrected chi connectivity index (χ3v) is 2.69. The molecule has 0 saturated carbocycles. The van der Waals surface area contributed by atoms with Gasteiger partial charge in [-0.05, 0) is 13.0 Å². The third kappa shape index (κ3) is 3.52. The fraction of sp³-hybridized carbons (Fsp3) is 0.889. The quantitative estimate of drug-likeness (QED) is 0.663. The first kappa shape index (κ1) is 12.5. The number of ether oxygens (including phenoxy) is 1. The maximum atomic E-state index is 11.7. The van der Waals surface area contributed by atoms with Crippen molar-refractivity contribution in [2.24, 2.45) is 0 Å². The van der Waals surface area contributed by atoms with Crippen LogP contribution in [0, 0.1) is 0 Å². The summed E-state index contributed by atoms with van der Waals surface area (Å²) in [4.78, 5) is 13.5. The standard InChI is InChI=1S/C9H17N3O2.ClH/c13-9(11-8-1-2-10-7-8)12-3-5-14-6-4-12;/h8,10H,1-7H2,(H,11,13);1H/t8-;/m1./s1. The van der Waals surface area contributed by atoms with Crippen LogP contribution in [0.25, 0.3) is 0 Å². The van der Waals surface area contributed by atoms with E-state index in [2.05, 4.69) is 10.6 Å². The molecule has 0 aromatic rings. The van der Waals surface area contributed by atoms with Crippen LogP contribution < -0.4 is 10.6 Å². The smallest absolute Gasteiger partial charge is 0.317 e. The highest BCUT2D eigenvalue weighted by atomic mass is 35.5. The second-order valence-corrected chi connectivity index (χ2v) is 3.74. The third-order valence-electron chi connectivity index (χ3n) is 2.69. The molecular formula is C9H18ClN3O2. The minimum absolute atomic E-state index is 0. The van der Waals surface area contributed by atoms with Crippen LogP contribution in [-0.2, 0) is 4.74 Å². The van der Waals surface area contributed by atoms with Gasteiger partial charge in [0, 0.05) is 25.7 Å². The van der Waals surface area contributed by atoms with Gasteiger partial charge < -0.3 is 20.3 Å². The molecule has 2 aliphatic heterocycles. The number of morpholine rings is 1. The Hall–Kier alpha value is -0.520. The monoisotopic (exact) mass is 235 g/mol. The molecule has 0 bridgehead atoms. The van der Waals surface area contributed by atoms with Crippen molar-refractivity contribution in [2.75, 3.05) is 39.4 Å². The van der Waals surface area contributed by atoms with Crippen LogP contribution in [0.1, 0.15) is 6.42 Å². The molecule has 0 aromatic carbocycles. The van der Waals surface area contributed by atoms with E-state index in [9.17, 15) is 4.79 Å². The van der Waals surface area contributed by atoms with Crippen LogP contribution in [0.15, 0.2) is 0 Å². The molecule has 2 fully saturated rings. The SMILES string of the molecule is Cl.O=C(N[C@@H]1CCNC1)N1CCOCC1. The Balaban J connectivity index is 0.00000112. The van der Waals surface area contributed by atoms with Crippen molar-refractivity contribution in [1.29, 1.82) is 0 Å². The van der Waals surface area contributed by atoms with Gasteiger partial charge in [-0.1, -0.05) is 0 Å². The summed E-state index contributed by atoms with van der Waals surface area (Å²) in [5, 5.41) is 6.24. The molecule has 1 atom stereocenters. The predicted octanol–water partition coefficient (Wildman–Crippen LogP) is -0.188. The number of nitrogens with zero attached hydrogens (tertiary/aromatic N) is 1. The van der Waals surface area contributed by atoms with Gasteiger partial charge >= 0.3 is 6.03 Å². The summed E-state index contributed by atoms with van der Waals surface area (Å²) in [7, 11) is 0. The zero-order chi connectivity index (χ0) is 9.80. The first-order valence-electron chi connectivity index (χ1n) is 5.20. The van der Waals surface area contributed by atoms with Gasteiger partial charge in [0.1, 0.15) is 0 Å². The molecule has 0 aliphatic carbocycles. The fourth-order valence-electron chi connectivity index (χ4n) is 1.81. The number of urea groups is 1. The second-order valence-electron chi connectivity index (χ2n) is 3.74. The van der Waals surface area contributed by atoms with E-state index in [0.717, 1.165) is 19.5 Å². The zero-order valence-corrected chi connectivity index (χ0v) is 9.52. The topological polar surface area (TPSA) is 53.6 Å². The van der Waals surface area contributed by atoms with Crippen LogP contribution >= 0.6 is 12.4 Å². The Bertz CT molecular complexity index is 204. The lowest BCUT2D eigenvalue weighted by Gasteiger charge is -2.28. The van der Waals surface area contributed by atoms with E-state index in [4.69, 9.17) is 4.74 Å². The first-order chi connectivity index (χ1) is 6.86. The van der Waals surface area contributed by atoms with Gasteiger partial charge in [-0.25, -0.2) is 4.79 Å². The Morgan fingerprint density at radius 3 is 2.73 bits per heavy atom. The molecule has 0 unspecified atom stereocenters. The summed E-state index contributed by atoms with van der Waals surface area (Å²) < 4.78 is 5.19. The summed E-state index contributed by atoms with van der Waals surface area (Å²) in [5.41, 5.74) is 0. The molecule has 2 rings (SSSR count). The van der Waals surface area contributed by atoms with E-state index in [1.807, 2.05) is 4.90 Å². The van der Waals surface area contributed by atoms with E-state index in [0.29, 0.717) is 32.3 Å². The van der Waals surface area contributed by atoms with E-state index in [-0.39, 0.29) is 18.4 Å². The number of hydrogen-bond acceptors (Lipinski definition) is 3. The molecular weight excluding hydrogens is 218 g/mol. The largest absolute Gasteiger partial charge is 0.378 e. The van der Waals surface area contributed by atoms with Crippen molar-refractivity contribution in [3.05, 3.63) is 0 Å². The second kappa shape index (κ2) is 6.15. The molecule has 6 heteroatoms. The number of rotatable bonds is 1. The molecule has 15 heavy (non-hydrogen) atoms. The van der Waals surface area contributed by atoms with Gasteiger partial charge in [-0.15, -0.1) is 12.4 Å². The predicted molar refractivity (Wildman–Crippen MR) is 59.4 cm³/mol. The lowest BCUT2D eigenvalue weighted by molar-refractivity contribution is 0.0526. The minimum atomic E-state index is 0. The minimum Gasteiger partial charge on any atom is -0.378 e. The van der Waals surface area contributed by atoms with E-state index >= 15 is 0 Å². The summed E-state index contributed by atoms with van der Waals surface area (Å²) >= 11 is 0. The summed E-state index contributed by atoms with van der Waals surface area (Å²) in [6, 6.07) is 0.368. The molecule has 2 N–H and O–H groups in total. The number of halogens is 1. The normalized spacial score (nSPS) is 25.9. The Morgan fingerprint density at radius 2 is 2.13 bits per heavy atom. The van der Waals surface area contributed by atoms with Crippen molar-refractivity contribution in [3.63, 3.8) is 0 Å². The van der Waals surface area contributed by atoms with Crippen LogP contribution in [0.2, 0.25) is 0 Å². The molecule has 88 valence electrons. The van der Waals surface area contributed by atoms with Gasteiger partial charge in [-0.3, -0.25) is 0 Å². The van der Waals surface area contributed by atoms with Crippen molar-refractivity contribution in [1.82, 2.24) is 15.5 Å². The van der Waals surface area contributed by atoms with Gasteiger partial charge in [-0.2, -0.15) is 0 Å². The van der Waals surface area contributed by atoms with Gasteiger partial charge in [0.05, 0.1) is 13.2 Å². The first-order valence-corrected chi connectivity index (χ1v) is 5.20. The van der Waals surface area contributed by atoms with Crippen LogP contribution in [0.4, 0.5) is 4.79 Å². The number of amides is 2. The lowest BCUT2D eigenvalue weighted by atomic mass is 10.3. The summed E-state index contributed by atoms with van der Waals surface area (Å²) in [5.74, 6) is 0. The molecule has 2 saturated heterocycles. The molecule has 2 amide bonds. The van der Waals surface area contributed by atoms with Crippen LogP contribution in [0.3, 0.4) is 0 Å². The highest BCUT2D eigenvalue weighted by Gasteiger charge is 2.21. The van der Waals surface area contributed by atoms with Crippen molar-refractivity contribution >= 4 is 18.4 Å². The Morgan fingerprint density at radius 1 is 1.40 bits per heavy atom. The van der Waals surface area contributed by atoms with E-state index < -0.39 is 0 Å². The van der Waals surface area contributed by atoms with Crippen molar-refractivity contribution in [2.45, 2.75) is 12.5 Å². The molecule has 5 nitrogen and oxygen atoms in total. The summed E-state index contributed by atoms with van der Waals surface area (Å²) in [6.07, 6.45) is 1.04. The molecule has 2 aliphatic rings. The van der Waals surface area contributed by atoms with Crippen molar-refractivity contribution < 1.29 is 9.53 Å². The number of carbonyl (C=O) groups is 1. The Kier molecular flexibility index (Phi) is 5.14. The fourth-order valence-corrected chi connectivity index (χ4v) is 1.81. The maximum absolute atomic E-state index is 11.7. The van der Waals surface area contributed by atoms with Crippen LogP contribution in [-0.4, -0.2) is 56.4 Å². The van der Waals surface area contributed by atoms with E-state index in [1.165, 1.54) is 0 Å². The molecule has 0 aromatic heterocycles. The average Bonchev–Trinajstić information content (AvgIpc) is 2.72. The molecule has 0 radical (unpaired) electrons. The number of nitrogens with one attached hydrogen (secondary N) is 2. The zero-order valence-electron chi connectivity index (χ0n) is 8.70. The van der Waals surface area contributed by atoms with Gasteiger partial charge in [0.2, 0.25) is 0 Å². The summed E-state index contributed by atoms with van der Waals surface area (Å²) in [6.45, 7) is 4.66. The Labute approximate surface area is 95.9 Å². The lowest BCUT2D eigenvalue weighted by Crippen LogP contribution is -2.49. The van der Waals surface area contributed by atoms with Gasteiger partial charge in [0.25, 0.3) is 0 Å². The number of carbonyl (C=O) groups excluding carboxylic acids is 1. The average molecular weight is 236 g/mol. The molecule has 2 heterocycles. The highest BCUT2D eigenvalue weighted by Crippen LogP contribution is 2.01. The highest BCUT2D eigenvalue weighted by molar-refractivity contribution is 5.85. The van der Waals surface area contributed by atoms with E-state index in [1.54, 1.807) is 0 Å². The number of hydrogen-bond donors (Lipinski definition) is 2. The van der Waals surface area contributed by atoms with Gasteiger partial charge in [0.15, 0.2) is 0 Å². The van der Waals surface area contributed by atoms with Crippen molar-refractivity contribution in [3.8, 4) is 0 Å². The molecule has 0 spiro atoms.